The average molecular weight is 271 g/mol. The van der Waals surface area contributed by atoms with E-state index in [0.717, 1.165) is 16.6 Å². The highest BCUT2D eigenvalue weighted by Gasteiger charge is 2.12. The molecule has 0 aliphatic rings. The second kappa shape index (κ2) is 4.64. The molecule has 1 atom stereocenters. The lowest BCUT2D eigenvalue weighted by Gasteiger charge is -2.11. The van der Waals surface area contributed by atoms with Crippen LogP contribution >= 0.6 is 12.2 Å². The Hall–Kier alpha value is -1.91. The molecular formula is C15H13NO2S. The third-order valence-electron chi connectivity index (χ3n) is 3.25. The molecule has 3 rings (SSSR count). The number of hydrogen-bond donors (Lipinski definition) is 1. The largest absolute Gasteiger partial charge is 0.429 e. The summed E-state index contributed by atoms with van der Waals surface area (Å²) in [7, 11) is 1.86. The van der Waals surface area contributed by atoms with E-state index in [9.17, 15) is 5.11 Å². The normalized spacial score (nSPS) is 12.7. The van der Waals surface area contributed by atoms with E-state index in [4.69, 9.17) is 16.6 Å². The van der Waals surface area contributed by atoms with Gasteiger partial charge in [0.25, 0.3) is 4.84 Å². The molecule has 3 nitrogen and oxygen atoms in total. The molecule has 0 aliphatic carbocycles. The standard InChI is InChI=1S/C15H13NO2S/c1-16-12-8-7-11(9-13(12)18-15(16)19)14(17)10-5-3-2-4-6-10/h2-9,14,17H,1H3. The van der Waals surface area contributed by atoms with Gasteiger partial charge in [-0.15, -0.1) is 0 Å². The van der Waals surface area contributed by atoms with Gasteiger partial charge < -0.3 is 14.1 Å². The van der Waals surface area contributed by atoms with Crippen LogP contribution in [0.3, 0.4) is 0 Å². The highest BCUT2D eigenvalue weighted by molar-refractivity contribution is 7.71. The number of nitrogens with zero attached hydrogens (tertiary/aromatic N) is 1. The van der Waals surface area contributed by atoms with Crippen molar-refractivity contribution in [2.45, 2.75) is 6.10 Å². The fraction of sp³-hybridized carbons (Fsp3) is 0.133. The van der Waals surface area contributed by atoms with Crippen molar-refractivity contribution in [3.8, 4) is 0 Å². The van der Waals surface area contributed by atoms with Crippen molar-refractivity contribution in [3.63, 3.8) is 0 Å². The Labute approximate surface area is 115 Å². The van der Waals surface area contributed by atoms with Crippen molar-refractivity contribution in [2.24, 2.45) is 7.05 Å². The molecule has 1 N–H and O–H groups in total. The molecule has 3 aromatic rings. The zero-order valence-corrected chi connectivity index (χ0v) is 11.2. The number of oxazole rings is 1. The number of aryl methyl sites for hydroxylation is 1. The van der Waals surface area contributed by atoms with Crippen LogP contribution in [0, 0.1) is 4.84 Å². The molecular weight excluding hydrogens is 258 g/mol. The van der Waals surface area contributed by atoms with E-state index >= 15 is 0 Å². The second-order valence-corrected chi connectivity index (χ2v) is 4.82. The number of hydrogen-bond acceptors (Lipinski definition) is 3. The minimum atomic E-state index is -0.658. The molecule has 1 heterocycles. The first-order valence-corrected chi connectivity index (χ1v) is 6.40. The molecule has 0 saturated carbocycles. The second-order valence-electron chi connectivity index (χ2n) is 4.47. The third-order valence-corrected chi connectivity index (χ3v) is 3.60. The van der Waals surface area contributed by atoms with Gasteiger partial charge in [0.05, 0.1) is 5.52 Å². The van der Waals surface area contributed by atoms with Crippen LogP contribution in [0.15, 0.2) is 52.9 Å². The first kappa shape index (κ1) is 12.1. The average Bonchev–Trinajstić information content (AvgIpc) is 2.74. The Bertz CT molecular complexity index is 774. The number of benzene rings is 2. The number of fused-ring (bicyclic) bond motifs is 1. The van der Waals surface area contributed by atoms with Gasteiger partial charge in [-0.05, 0) is 35.5 Å². The van der Waals surface area contributed by atoms with Gasteiger partial charge in [0, 0.05) is 7.05 Å². The Kier molecular flexibility index (Phi) is 2.97. The van der Waals surface area contributed by atoms with Crippen molar-refractivity contribution in [3.05, 3.63) is 64.5 Å². The van der Waals surface area contributed by atoms with Crippen molar-refractivity contribution in [1.29, 1.82) is 0 Å². The number of rotatable bonds is 2. The van der Waals surface area contributed by atoms with E-state index in [-0.39, 0.29) is 0 Å². The SMILES string of the molecule is Cn1c(=S)oc2cc(C(O)c3ccccc3)ccc21. The molecule has 0 amide bonds. The fourth-order valence-corrected chi connectivity index (χ4v) is 2.34. The molecule has 96 valence electrons. The summed E-state index contributed by atoms with van der Waals surface area (Å²) in [6, 6.07) is 15.2. The Morgan fingerprint density at radius 2 is 1.84 bits per heavy atom. The van der Waals surface area contributed by atoms with E-state index in [0.29, 0.717) is 10.4 Å². The van der Waals surface area contributed by atoms with E-state index in [1.807, 2.05) is 60.1 Å². The lowest BCUT2D eigenvalue weighted by atomic mass is 10.0. The molecule has 0 spiro atoms. The lowest BCUT2D eigenvalue weighted by molar-refractivity contribution is 0.220. The predicted octanol–water partition coefficient (Wildman–Crippen LogP) is 3.58. The minimum absolute atomic E-state index is 0.432. The zero-order chi connectivity index (χ0) is 13.4. The summed E-state index contributed by atoms with van der Waals surface area (Å²) in [4.78, 5) is 0.432. The van der Waals surface area contributed by atoms with Gasteiger partial charge >= 0.3 is 0 Å². The Morgan fingerprint density at radius 3 is 2.58 bits per heavy atom. The summed E-state index contributed by atoms with van der Waals surface area (Å²) in [5.41, 5.74) is 3.27. The van der Waals surface area contributed by atoms with Gasteiger partial charge in [-0.2, -0.15) is 0 Å². The van der Waals surface area contributed by atoms with Gasteiger partial charge in [0.2, 0.25) is 0 Å². The van der Waals surface area contributed by atoms with Crippen molar-refractivity contribution in [1.82, 2.24) is 4.57 Å². The number of aliphatic hydroxyl groups excluding tert-OH is 1. The first-order chi connectivity index (χ1) is 9.16. The molecule has 0 radical (unpaired) electrons. The summed E-state index contributed by atoms with van der Waals surface area (Å²) < 4.78 is 7.30. The van der Waals surface area contributed by atoms with E-state index < -0.39 is 6.10 Å². The quantitative estimate of drug-likeness (QED) is 0.724. The van der Waals surface area contributed by atoms with Crippen LogP contribution in [0.2, 0.25) is 0 Å². The monoisotopic (exact) mass is 271 g/mol. The molecule has 19 heavy (non-hydrogen) atoms. The molecule has 1 unspecified atom stereocenters. The summed E-state index contributed by atoms with van der Waals surface area (Å²) in [5.74, 6) is 0. The van der Waals surface area contributed by atoms with E-state index in [1.165, 1.54) is 0 Å². The van der Waals surface area contributed by atoms with Crippen LogP contribution in [0.4, 0.5) is 0 Å². The molecule has 1 aromatic heterocycles. The molecule has 2 aromatic carbocycles. The van der Waals surface area contributed by atoms with Gasteiger partial charge in [0.15, 0.2) is 5.58 Å². The van der Waals surface area contributed by atoms with E-state index in [1.54, 1.807) is 0 Å². The van der Waals surface area contributed by atoms with Crippen LogP contribution in [0.5, 0.6) is 0 Å². The summed E-state index contributed by atoms with van der Waals surface area (Å²) >= 11 is 5.09. The van der Waals surface area contributed by atoms with Gasteiger partial charge in [-0.3, -0.25) is 0 Å². The Balaban J connectivity index is 2.09. The molecule has 0 fully saturated rings. The summed E-state index contributed by atoms with van der Waals surface area (Å²) in [6.07, 6.45) is -0.658. The van der Waals surface area contributed by atoms with Gasteiger partial charge in [-0.25, -0.2) is 0 Å². The van der Waals surface area contributed by atoms with E-state index in [2.05, 4.69) is 0 Å². The lowest BCUT2D eigenvalue weighted by Crippen LogP contribution is -1.99. The number of aromatic nitrogens is 1. The molecule has 0 saturated heterocycles. The highest BCUT2D eigenvalue weighted by Crippen LogP contribution is 2.26. The molecule has 0 bridgehead atoms. The van der Waals surface area contributed by atoms with Crippen molar-refractivity contribution in [2.75, 3.05) is 0 Å². The van der Waals surface area contributed by atoms with Gasteiger partial charge in [-0.1, -0.05) is 36.4 Å². The maximum atomic E-state index is 10.4. The predicted molar refractivity (Wildman–Crippen MR) is 76.5 cm³/mol. The maximum absolute atomic E-state index is 10.4. The fourth-order valence-electron chi connectivity index (χ4n) is 2.15. The Morgan fingerprint density at radius 1 is 1.11 bits per heavy atom. The maximum Gasteiger partial charge on any atom is 0.269 e. The third kappa shape index (κ3) is 2.09. The van der Waals surface area contributed by atoms with Crippen LogP contribution < -0.4 is 0 Å². The van der Waals surface area contributed by atoms with Crippen molar-refractivity contribution < 1.29 is 9.52 Å². The minimum Gasteiger partial charge on any atom is -0.429 e. The highest BCUT2D eigenvalue weighted by atomic mass is 32.1. The first-order valence-electron chi connectivity index (χ1n) is 5.99. The molecule has 0 aliphatic heterocycles. The summed E-state index contributed by atoms with van der Waals surface area (Å²) in [5, 5.41) is 10.4. The van der Waals surface area contributed by atoms with Crippen LogP contribution in [0.1, 0.15) is 17.2 Å². The summed E-state index contributed by atoms with van der Waals surface area (Å²) in [6.45, 7) is 0. The zero-order valence-electron chi connectivity index (χ0n) is 10.4. The van der Waals surface area contributed by atoms with Crippen LogP contribution in [0.25, 0.3) is 11.1 Å². The smallest absolute Gasteiger partial charge is 0.269 e. The molecule has 4 heteroatoms. The van der Waals surface area contributed by atoms with Crippen LogP contribution in [-0.2, 0) is 7.05 Å². The number of aliphatic hydroxyl groups is 1. The van der Waals surface area contributed by atoms with Crippen molar-refractivity contribution >= 4 is 23.3 Å². The topological polar surface area (TPSA) is 38.3 Å². The van der Waals surface area contributed by atoms with Gasteiger partial charge in [0.1, 0.15) is 6.10 Å². The van der Waals surface area contributed by atoms with Crippen LogP contribution in [-0.4, -0.2) is 9.67 Å².